The Morgan fingerprint density at radius 1 is 0.966 bits per heavy atom. The van der Waals surface area contributed by atoms with Gasteiger partial charge in [-0.15, -0.1) is 24.8 Å². The molecule has 3 N–H and O–H groups in total. The van der Waals surface area contributed by atoms with Crippen LogP contribution in [0.5, 0.6) is 0 Å². The van der Waals surface area contributed by atoms with Crippen LogP contribution < -0.4 is 11.1 Å². The molecule has 2 aliphatic heterocycles. The average Bonchev–Trinajstić information content (AvgIpc) is 2.74. The van der Waals surface area contributed by atoms with Gasteiger partial charge in [0.05, 0.1) is 6.54 Å². The lowest BCUT2D eigenvalue weighted by molar-refractivity contribution is -0.132. The number of hydrogen-bond donors (Lipinski definition) is 2. The van der Waals surface area contributed by atoms with Crippen LogP contribution in [-0.4, -0.2) is 66.9 Å². The fraction of sp³-hybridized carbons (Fsp3) is 0.619. The zero-order valence-electron chi connectivity index (χ0n) is 16.9. The normalized spacial score (nSPS) is 18.4. The number of hydrogen-bond acceptors (Lipinski definition) is 4. The van der Waals surface area contributed by atoms with Crippen molar-refractivity contribution in [3.8, 4) is 0 Å². The number of halogens is 2. The first-order valence-corrected chi connectivity index (χ1v) is 10.2. The van der Waals surface area contributed by atoms with Gasteiger partial charge in [-0.2, -0.15) is 0 Å². The maximum Gasteiger partial charge on any atom is 0.236 e. The highest BCUT2D eigenvalue weighted by atomic mass is 35.5. The summed E-state index contributed by atoms with van der Waals surface area (Å²) in [5, 5.41) is 3.11. The largest absolute Gasteiger partial charge is 0.356 e. The average molecular weight is 445 g/mol. The molecule has 29 heavy (non-hydrogen) atoms. The fourth-order valence-electron chi connectivity index (χ4n) is 4.26. The van der Waals surface area contributed by atoms with Crippen molar-refractivity contribution in [1.82, 2.24) is 15.1 Å². The van der Waals surface area contributed by atoms with Gasteiger partial charge in [0.2, 0.25) is 11.8 Å². The number of piperidine rings is 2. The summed E-state index contributed by atoms with van der Waals surface area (Å²) in [5.41, 5.74) is 6.71. The van der Waals surface area contributed by atoms with E-state index >= 15 is 0 Å². The zero-order valence-corrected chi connectivity index (χ0v) is 18.6. The van der Waals surface area contributed by atoms with E-state index in [9.17, 15) is 9.59 Å². The molecule has 1 aromatic rings. The number of nitrogens with one attached hydrogen (secondary N) is 1. The molecule has 0 atom stereocenters. The van der Waals surface area contributed by atoms with Crippen LogP contribution in [0.4, 0.5) is 0 Å². The highest BCUT2D eigenvalue weighted by Gasteiger charge is 2.31. The smallest absolute Gasteiger partial charge is 0.236 e. The second-order valence-corrected chi connectivity index (χ2v) is 7.65. The number of amides is 2. The van der Waals surface area contributed by atoms with Crippen molar-refractivity contribution in [2.24, 2.45) is 11.7 Å². The van der Waals surface area contributed by atoms with Crippen LogP contribution in [0.25, 0.3) is 0 Å². The third-order valence-electron chi connectivity index (χ3n) is 5.96. The van der Waals surface area contributed by atoms with Gasteiger partial charge in [0.15, 0.2) is 0 Å². The van der Waals surface area contributed by atoms with Crippen LogP contribution in [0.3, 0.4) is 0 Å². The van der Waals surface area contributed by atoms with Crippen molar-refractivity contribution < 1.29 is 9.59 Å². The number of likely N-dealkylation sites (tertiary alicyclic amines) is 2. The second-order valence-electron chi connectivity index (χ2n) is 7.65. The lowest BCUT2D eigenvalue weighted by Crippen LogP contribution is -2.51. The predicted molar refractivity (Wildman–Crippen MR) is 121 cm³/mol. The lowest BCUT2D eigenvalue weighted by atomic mass is 9.92. The van der Waals surface area contributed by atoms with Crippen LogP contribution >= 0.6 is 24.8 Å². The van der Waals surface area contributed by atoms with Crippen LogP contribution in [0.2, 0.25) is 0 Å². The van der Waals surface area contributed by atoms with Gasteiger partial charge < -0.3 is 20.9 Å². The molecule has 0 saturated carbocycles. The maximum absolute atomic E-state index is 12.4. The summed E-state index contributed by atoms with van der Waals surface area (Å²) < 4.78 is 0. The summed E-state index contributed by atoms with van der Waals surface area (Å²) in [4.78, 5) is 28.5. The Morgan fingerprint density at radius 2 is 1.59 bits per heavy atom. The Morgan fingerprint density at radius 3 is 2.17 bits per heavy atom. The highest BCUT2D eigenvalue weighted by molar-refractivity contribution is 5.85. The summed E-state index contributed by atoms with van der Waals surface area (Å²) in [5.74, 6) is 0.393. The number of nitrogens with two attached hydrogens (primary N) is 1. The molecule has 3 rings (SSSR count). The first-order chi connectivity index (χ1) is 13.2. The molecule has 0 unspecified atom stereocenters. The van der Waals surface area contributed by atoms with E-state index in [1.54, 1.807) is 0 Å². The molecule has 0 aromatic heterocycles. The monoisotopic (exact) mass is 444 g/mol. The standard InChI is InChI=1S/C21H32N4O2.2ClH/c22-16-20(26)25-14-9-19(10-15-25)24-12-7-18(8-13-24)21(27)23-11-6-17-4-2-1-3-5-17;;/h1-5,18-19H,6-16,22H2,(H,23,27);2*1H. The number of nitrogens with zero attached hydrogens (tertiary/aromatic N) is 2. The summed E-state index contributed by atoms with van der Waals surface area (Å²) in [6, 6.07) is 10.8. The van der Waals surface area contributed by atoms with Gasteiger partial charge in [-0.1, -0.05) is 30.3 Å². The van der Waals surface area contributed by atoms with Gasteiger partial charge >= 0.3 is 0 Å². The Kier molecular flexibility index (Phi) is 11.6. The highest BCUT2D eigenvalue weighted by Crippen LogP contribution is 2.24. The van der Waals surface area contributed by atoms with Crippen LogP contribution in [-0.2, 0) is 16.0 Å². The first kappa shape index (κ1) is 25.7. The van der Waals surface area contributed by atoms with Crippen LogP contribution in [0.1, 0.15) is 31.2 Å². The summed E-state index contributed by atoms with van der Waals surface area (Å²) in [6.45, 7) is 4.38. The van der Waals surface area contributed by atoms with Crippen LogP contribution in [0, 0.1) is 5.92 Å². The zero-order chi connectivity index (χ0) is 19.1. The third kappa shape index (κ3) is 7.45. The summed E-state index contributed by atoms with van der Waals surface area (Å²) in [7, 11) is 0. The van der Waals surface area contributed by atoms with Crippen molar-refractivity contribution in [1.29, 1.82) is 0 Å². The molecular formula is C21H34Cl2N4O2. The molecule has 0 radical (unpaired) electrons. The van der Waals surface area contributed by atoms with Crippen molar-refractivity contribution in [2.45, 2.75) is 38.1 Å². The molecule has 1 aromatic carbocycles. The molecule has 8 heteroatoms. The molecule has 164 valence electrons. The van der Waals surface area contributed by atoms with Gasteiger partial charge in [-0.3, -0.25) is 9.59 Å². The summed E-state index contributed by atoms with van der Waals surface area (Å²) in [6.07, 6.45) is 4.77. The van der Waals surface area contributed by atoms with Gasteiger partial charge in [-0.25, -0.2) is 0 Å². The predicted octanol–water partition coefficient (Wildman–Crippen LogP) is 1.85. The molecule has 2 aliphatic rings. The van der Waals surface area contributed by atoms with E-state index in [0.29, 0.717) is 12.6 Å². The fourth-order valence-corrected chi connectivity index (χ4v) is 4.26. The molecule has 2 heterocycles. The lowest BCUT2D eigenvalue weighted by Gasteiger charge is -2.41. The molecule has 0 aliphatic carbocycles. The molecular weight excluding hydrogens is 411 g/mol. The quantitative estimate of drug-likeness (QED) is 0.701. The number of carbonyl (C=O) groups excluding carboxylic acids is 2. The van der Waals surface area contributed by atoms with E-state index < -0.39 is 0 Å². The minimum Gasteiger partial charge on any atom is -0.356 e. The minimum absolute atomic E-state index is 0. The maximum atomic E-state index is 12.4. The molecule has 2 fully saturated rings. The number of rotatable bonds is 6. The molecule has 6 nitrogen and oxygen atoms in total. The van der Waals surface area contributed by atoms with Gasteiger partial charge in [-0.05, 0) is 50.8 Å². The van der Waals surface area contributed by atoms with E-state index in [2.05, 4.69) is 22.3 Å². The molecule has 2 amide bonds. The Bertz CT molecular complexity index is 616. The Hall–Kier alpha value is -1.34. The molecule has 2 saturated heterocycles. The SMILES string of the molecule is Cl.Cl.NCC(=O)N1CCC(N2CCC(C(=O)NCCc3ccccc3)CC2)CC1. The second kappa shape index (κ2) is 13.1. The minimum atomic E-state index is 0. The third-order valence-corrected chi connectivity index (χ3v) is 5.96. The summed E-state index contributed by atoms with van der Waals surface area (Å²) >= 11 is 0. The van der Waals surface area contributed by atoms with Gasteiger partial charge in [0, 0.05) is 31.6 Å². The Balaban J connectivity index is 0.00000210. The van der Waals surface area contributed by atoms with Gasteiger partial charge in [0.25, 0.3) is 0 Å². The van der Waals surface area contributed by atoms with E-state index in [-0.39, 0.29) is 49.1 Å². The van der Waals surface area contributed by atoms with E-state index in [0.717, 1.165) is 58.3 Å². The van der Waals surface area contributed by atoms with Crippen LogP contribution in [0.15, 0.2) is 30.3 Å². The van der Waals surface area contributed by atoms with E-state index in [1.165, 1.54) is 5.56 Å². The number of benzene rings is 1. The molecule has 0 bridgehead atoms. The van der Waals surface area contributed by atoms with Crippen molar-refractivity contribution >= 4 is 36.6 Å². The Labute approximate surface area is 186 Å². The van der Waals surface area contributed by atoms with Crippen molar-refractivity contribution in [3.63, 3.8) is 0 Å². The topological polar surface area (TPSA) is 78.7 Å². The van der Waals surface area contributed by atoms with Crippen molar-refractivity contribution in [2.75, 3.05) is 39.3 Å². The molecule has 0 spiro atoms. The van der Waals surface area contributed by atoms with E-state index in [4.69, 9.17) is 5.73 Å². The van der Waals surface area contributed by atoms with Crippen molar-refractivity contribution in [3.05, 3.63) is 35.9 Å². The van der Waals surface area contributed by atoms with E-state index in [1.807, 2.05) is 23.1 Å². The number of carbonyl (C=O) groups is 2. The first-order valence-electron chi connectivity index (χ1n) is 10.2. The van der Waals surface area contributed by atoms with Gasteiger partial charge in [0.1, 0.15) is 0 Å².